The van der Waals surface area contributed by atoms with E-state index >= 15 is 0 Å². The van der Waals surface area contributed by atoms with Crippen LogP contribution in [0.15, 0.2) is 91.0 Å². The molecule has 5 rings (SSSR count). The number of ether oxygens (including phenoxy) is 3. The zero-order chi connectivity index (χ0) is 25.8. The highest BCUT2D eigenvalue weighted by Gasteiger charge is 2.24. The maximum Gasteiger partial charge on any atom is 0.328 e. The molecule has 0 bridgehead atoms. The van der Waals surface area contributed by atoms with E-state index in [1.54, 1.807) is 18.2 Å². The Bertz CT molecular complexity index is 1430. The first kappa shape index (κ1) is 23.9. The summed E-state index contributed by atoms with van der Waals surface area (Å²) in [5, 5.41) is 13.1. The van der Waals surface area contributed by atoms with Crippen molar-refractivity contribution < 1.29 is 28.9 Å². The number of aromatic hydroxyl groups is 1. The van der Waals surface area contributed by atoms with E-state index in [-0.39, 0.29) is 24.5 Å². The van der Waals surface area contributed by atoms with Gasteiger partial charge in [-0.1, -0.05) is 66.7 Å². The molecule has 0 aromatic heterocycles. The van der Waals surface area contributed by atoms with Gasteiger partial charge in [-0.15, -0.1) is 0 Å². The quantitative estimate of drug-likeness (QED) is 0.352. The van der Waals surface area contributed by atoms with Crippen LogP contribution in [-0.4, -0.2) is 36.9 Å². The molecule has 186 valence electrons. The second-order valence-corrected chi connectivity index (χ2v) is 8.62. The lowest BCUT2D eigenvalue weighted by molar-refractivity contribution is -0.142. The molecule has 0 aliphatic carbocycles. The first-order valence-electron chi connectivity index (χ1n) is 11.8. The Morgan fingerprint density at radius 1 is 0.838 bits per heavy atom. The van der Waals surface area contributed by atoms with E-state index in [4.69, 9.17) is 14.2 Å². The van der Waals surface area contributed by atoms with Crippen LogP contribution in [0.25, 0.3) is 22.3 Å². The summed E-state index contributed by atoms with van der Waals surface area (Å²) in [5.41, 5.74) is 4.53. The highest BCUT2D eigenvalue weighted by atomic mass is 16.7. The molecule has 1 atom stereocenters. The number of hydrogen-bond acceptors (Lipinski definition) is 6. The van der Waals surface area contributed by atoms with Crippen LogP contribution in [0.5, 0.6) is 17.2 Å². The third-order valence-electron chi connectivity index (χ3n) is 6.24. The van der Waals surface area contributed by atoms with E-state index < -0.39 is 17.9 Å². The van der Waals surface area contributed by atoms with Gasteiger partial charge in [0.2, 0.25) is 6.79 Å². The number of rotatable bonds is 7. The van der Waals surface area contributed by atoms with E-state index in [0.29, 0.717) is 17.1 Å². The molecule has 1 amide bonds. The Hall–Kier alpha value is -4.78. The Balaban J connectivity index is 1.34. The molecule has 1 aliphatic heterocycles. The van der Waals surface area contributed by atoms with Gasteiger partial charge in [0.05, 0.1) is 12.7 Å². The van der Waals surface area contributed by atoms with Gasteiger partial charge in [-0.3, -0.25) is 4.79 Å². The summed E-state index contributed by atoms with van der Waals surface area (Å²) < 4.78 is 15.7. The van der Waals surface area contributed by atoms with Crippen molar-refractivity contribution in [1.82, 2.24) is 5.32 Å². The van der Waals surface area contributed by atoms with Crippen molar-refractivity contribution in [1.29, 1.82) is 0 Å². The van der Waals surface area contributed by atoms with Gasteiger partial charge in [0.1, 0.15) is 11.8 Å². The number of nitrogens with one attached hydrogen (secondary N) is 1. The van der Waals surface area contributed by atoms with Gasteiger partial charge in [0, 0.05) is 6.42 Å². The smallest absolute Gasteiger partial charge is 0.328 e. The Morgan fingerprint density at radius 3 is 2.24 bits per heavy atom. The number of esters is 1. The van der Waals surface area contributed by atoms with Gasteiger partial charge in [-0.25, -0.2) is 4.79 Å². The minimum atomic E-state index is -0.936. The number of phenolic OH excluding ortho intramolecular Hbond substituents is 1. The third-order valence-corrected chi connectivity index (χ3v) is 6.24. The van der Waals surface area contributed by atoms with Crippen LogP contribution < -0.4 is 14.8 Å². The van der Waals surface area contributed by atoms with Crippen molar-refractivity contribution >= 4 is 11.9 Å². The third kappa shape index (κ3) is 5.26. The van der Waals surface area contributed by atoms with E-state index in [1.807, 2.05) is 66.7 Å². The van der Waals surface area contributed by atoms with Crippen molar-refractivity contribution in [3.05, 3.63) is 102 Å². The molecule has 1 unspecified atom stereocenters. The molecule has 7 heteroatoms. The molecule has 1 aliphatic rings. The SMILES string of the molecule is COC(=O)C(Cc1ccc(-c2ccccc2)cc1)NC(=O)c1cc(-c2ccc3c(c2)OCO3)ccc1O. The van der Waals surface area contributed by atoms with Crippen molar-refractivity contribution in [3.63, 3.8) is 0 Å². The fraction of sp³-hybridized carbons (Fsp3) is 0.133. The van der Waals surface area contributed by atoms with Crippen LogP contribution in [-0.2, 0) is 16.0 Å². The number of carbonyl (C=O) groups excluding carboxylic acids is 2. The summed E-state index contributed by atoms with van der Waals surface area (Å²) >= 11 is 0. The monoisotopic (exact) mass is 495 g/mol. The van der Waals surface area contributed by atoms with Gasteiger partial charge in [-0.05, 0) is 52.1 Å². The topological polar surface area (TPSA) is 94.1 Å². The van der Waals surface area contributed by atoms with Crippen molar-refractivity contribution in [2.45, 2.75) is 12.5 Å². The van der Waals surface area contributed by atoms with Crippen LogP contribution in [0.2, 0.25) is 0 Å². The number of phenols is 1. The number of amides is 1. The van der Waals surface area contributed by atoms with Gasteiger partial charge in [0.15, 0.2) is 11.5 Å². The Labute approximate surface area is 214 Å². The number of methoxy groups -OCH3 is 1. The largest absolute Gasteiger partial charge is 0.507 e. The lowest BCUT2D eigenvalue weighted by Crippen LogP contribution is -2.43. The first-order valence-corrected chi connectivity index (χ1v) is 11.8. The van der Waals surface area contributed by atoms with Crippen LogP contribution in [0.3, 0.4) is 0 Å². The van der Waals surface area contributed by atoms with Crippen molar-refractivity contribution in [2.24, 2.45) is 0 Å². The highest BCUT2D eigenvalue weighted by Crippen LogP contribution is 2.36. The molecule has 0 spiro atoms. The summed E-state index contributed by atoms with van der Waals surface area (Å²) in [7, 11) is 1.28. The second-order valence-electron chi connectivity index (χ2n) is 8.62. The van der Waals surface area contributed by atoms with Crippen molar-refractivity contribution in [2.75, 3.05) is 13.9 Å². The van der Waals surface area contributed by atoms with Gasteiger partial charge in [0.25, 0.3) is 5.91 Å². The Morgan fingerprint density at radius 2 is 1.49 bits per heavy atom. The number of fused-ring (bicyclic) bond motifs is 1. The summed E-state index contributed by atoms with van der Waals surface area (Å²) in [5.74, 6) is -0.0973. The van der Waals surface area contributed by atoms with E-state index in [2.05, 4.69) is 5.32 Å². The number of carbonyl (C=O) groups is 2. The normalized spacial score (nSPS) is 12.6. The molecule has 0 fully saturated rings. The summed E-state index contributed by atoms with van der Waals surface area (Å²) in [6, 6.07) is 27.0. The van der Waals surface area contributed by atoms with Crippen LogP contribution in [0.1, 0.15) is 15.9 Å². The summed E-state index contributed by atoms with van der Waals surface area (Å²) in [6.07, 6.45) is 0.232. The molecule has 1 heterocycles. The zero-order valence-corrected chi connectivity index (χ0v) is 20.1. The number of hydrogen-bond donors (Lipinski definition) is 2. The average molecular weight is 496 g/mol. The fourth-order valence-corrected chi connectivity index (χ4v) is 4.24. The van der Waals surface area contributed by atoms with Gasteiger partial charge >= 0.3 is 5.97 Å². The maximum atomic E-state index is 13.2. The fourth-order valence-electron chi connectivity index (χ4n) is 4.24. The highest BCUT2D eigenvalue weighted by molar-refractivity contribution is 6.00. The Kier molecular flexibility index (Phi) is 6.76. The second kappa shape index (κ2) is 10.5. The number of benzene rings is 4. The lowest BCUT2D eigenvalue weighted by atomic mass is 9.99. The van der Waals surface area contributed by atoms with Gasteiger partial charge < -0.3 is 24.6 Å². The molecule has 0 saturated heterocycles. The van der Waals surface area contributed by atoms with Crippen LogP contribution in [0, 0.1) is 0 Å². The van der Waals surface area contributed by atoms with Crippen LogP contribution in [0.4, 0.5) is 0 Å². The standard InChI is InChI=1S/C30H25NO6/c1-35-30(34)25(15-19-7-9-21(10-8-19)20-5-3-2-4-6-20)31-29(33)24-16-22(11-13-26(24)32)23-12-14-27-28(17-23)37-18-36-27/h2-14,16-17,25,32H,15,18H2,1H3,(H,31,33). The molecule has 0 saturated carbocycles. The molecule has 7 nitrogen and oxygen atoms in total. The molecular weight excluding hydrogens is 470 g/mol. The molecule has 4 aromatic rings. The molecule has 2 N–H and O–H groups in total. The lowest BCUT2D eigenvalue weighted by Gasteiger charge is -2.18. The molecule has 4 aromatic carbocycles. The predicted molar refractivity (Wildman–Crippen MR) is 139 cm³/mol. The minimum Gasteiger partial charge on any atom is -0.507 e. The summed E-state index contributed by atoms with van der Waals surface area (Å²) in [6.45, 7) is 0.159. The van der Waals surface area contributed by atoms with E-state index in [1.165, 1.54) is 13.2 Å². The molecule has 37 heavy (non-hydrogen) atoms. The zero-order valence-electron chi connectivity index (χ0n) is 20.1. The average Bonchev–Trinajstić information content (AvgIpc) is 3.41. The van der Waals surface area contributed by atoms with Crippen molar-refractivity contribution in [3.8, 4) is 39.5 Å². The molecular formula is C30H25NO6. The predicted octanol–water partition coefficient (Wildman–Crippen LogP) is 4.97. The van der Waals surface area contributed by atoms with E-state index in [9.17, 15) is 14.7 Å². The first-order chi connectivity index (χ1) is 18.0. The maximum absolute atomic E-state index is 13.2. The van der Waals surface area contributed by atoms with Crippen LogP contribution >= 0.6 is 0 Å². The molecule has 0 radical (unpaired) electrons. The minimum absolute atomic E-state index is 0.0449. The van der Waals surface area contributed by atoms with Gasteiger partial charge in [-0.2, -0.15) is 0 Å². The summed E-state index contributed by atoms with van der Waals surface area (Å²) in [4.78, 5) is 25.7. The van der Waals surface area contributed by atoms with E-state index in [0.717, 1.165) is 22.3 Å².